The highest BCUT2D eigenvalue weighted by atomic mass is 16.5. The summed E-state index contributed by atoms with van der Waals surface area (Å²) in [7, 11) is 0. The van der Waals surface area contributed by atoms with Crippen LogP contribution in [0.3, 0.4) is 0 Å². The molecule has 0 aliphatic carbocycles. The van der Waals surface area contributed by atoms with Gasteiger partial charge in [0.25, 0.3) is 0 Å². The van der Waals surface area contributed by atoms with Crippen LogP contribution in [0.25, 0.3) is 0 Å². The summed E-state index contributed by atoms with van der Waals surface area (Å²) in [6.45, 7) is 4.27. The molecule has 0 saturated carbocycles. The van der Waals surface area contributed by atoms with Crippen molar-refractivity contribution in [2.75, 3.05) is 6.61 Å². The molecule has 0 aliphatic rings. The van der Waals surface area contributed by atoms with E-state index in [0.29, 0.717) is 13.0 Å². The van der Waals surface area contributed by atoms with Gasteiger partial charge in [-0.2, -0.15) is 10.5 Å². The Morgan fingerprint density at radius 2 is 1.76 bits per heavy atom. The minimum Gasteiger partial charge on any atom is -0.462 e. The average Bonchev–Trinajstić information content (AvgIpc) is 2.34. The summed E-state index contributed by atoms with van der Waals surface area (Å²) in [4.78, 5) is 11.6. The van der Waals surface area contributed by atoms with Crippen molar-refractivity contribution in [2.45, 2.75) is 46.0 Å². The first-order valence-electron chi connectivity index (χ1n) is 5.91. The highest BCUT2D eigenvalue weighted by Gasteiger charge is 2.16. The van der Waals surface area contributed by atoms with Gasteiger partial charge in [0.05, 0.1) is 18.2 Å². The Labute approximate surface area is 102 Å². The van der Waals surface area contributed by atoms with Crippen molar-refractivity contribution in [1.82, 2.24) is 0 Å². The molecule has 4 heteroatoms. The summed E-state index contributed by atoms with van der Waals surface area (Å²) < 4.78 is 4.93. The van der Waals surface area contributed by atoms with Gasteiger partial charge in [-0.3, -0.25) is 0 Å². The summed E-state index contributed by atoms with van der Waals surface area (Å²) in [5, 5.41) is 17.8. The number of hydrogen-bond acceptors (Lipinski definition) is 4. The monoisotopic (exact) mass is 234 g/mol. The molecule has 0 heterocycles. The van der Waals surface area contributed by atoms with E-state index in [1.807, 2.05) is 19.9 Å². The maximum absolute atomic E-state index is 11.6. The molecule has 0 saturated heterocycles. The fourth-order valence-electron chi connectivity index (χ4n) is 1.21. The maximum atomic E-state index is 11.6. The van der Waals surface area contributed by atoms with Crippen molar-refractivity contribution in [3.63, 3.8) is 0 Å². The number of allylic oxidation sites excluding steroid dienone is 1. The summed E-state index contributed by atoms with van der Waals surface area (Å²) in [6, 6.07) is 3.69. The van der Waals surface area contributed by atoms with Gasteiger partial charge in [-0.05, 0) is 19.3 Å². The van der Waals surface area contributed by atoms with E-state index in [1.54, 1.807) is 6.07 Å². The molecular formula is C13H18N2O2. The molecule has 92 valence electrons. The highest BCUT2D eigenvalue weighted by molar-refractivity contribution is 5.94. The Balaban J connectivity index is 4.66. The molecule has 0 aromatic heterocycles. The van der Waals surface area contributed by atoms with Crippen molar-refractivity contribution >= 4 is 5.97 Å². The van der Waals surface area contributed by atoms with Gasteiger partial charge in [-0.15, -0.1) is 0 Å². The van der Waals surface area contributed by atoms with Crippen molar-refractivity contribution < 1.29 is 9.53 Å². The zero-order valence-electron chi connectivity index (χ0n) is 10.5. The Morgan fingerprint density at radius 1 is 1.12 bits per heavy atom. The lowest BCUT2D eigenvalue weighted by atomic mass is 10.0. The summed E-state index contributed by atoms with van der Waals surface area (Å²) >= 11 is 0. The van der Waals surface area contributed by atoms with Gasteiger partial charge in [-0.1, -0.05) is 26.7 Å². The van der Waals surface area contributed by atoms with Crippen LogP contribution in [0.4, 0.5) is 0 Å². The Morgan fingerprint density at radius 3 is 2.24 bits per heavy atom. The SMILES string of the molecule is CCCCOC(=O)C(C#N)=C(C#N)CCCC. The standard InChI is InChI=1S/C13H18N2O2/c1-3-5-7-11(9-14)12(10-15)13(16)17-8-6-4-2/h3-8H2,1-2H3. The molecule has 0 radical (unpaired) electrons. The molecule has 0 fully saturated rings. The maximum Gasteiger partial charge on any atom is 0.349 e. The van der Waals surface area contributed by atoms with Gasteiger partial charge in [0, 0.05) is 0 Å². The van der Waals surface area contributed by atoms with Crippen LogP contribution in [0.15, 0.2) is 11.1 Å². The molecule has 0 aliphatic heterocycles. The second-order valence-electron chi connectivity index (χ2n) is 3.67. The first kappa shape index (κ1) is 15.2. The number of nitriles is 2. The molecule has 0 aromatic carbocycles. The molecule has 0 unspecified atom stereocenters. The van der Waals surface area contributed by atoms with Crippen LogP contribution >= 0.6 is 0 Å². The number of ether oxygens (including phenoxy) is 1. The van der Waals surface area contributed by atoms with E-state index in [9.17, 15) is 4.79 Å². The number of unbranched alkanes of at least 4 members (excludes halogenated alkanes) is 2. The number of hydrogen-bond donors (Lipinski definition) is 0. The third kappa shape index (κ3) is 5.73. The fraction of sp³-hybridized carbons (Fsp3) is 0.615. The van der Waals surface area contributed by atoms with E-state index in [-0.39, 0.29) is 11.1 Å². The van der Waals surface area contributed by atoms with E-state index in [0.717, 1.165) is 25.7 Å². The van der Waals surface area contributed by atoms with Gasteiger partial charge in [0.2, 0.25) is 0 Å². The van der Waals surface area contributed by atoms with Crippen molar-refractivity contribution in [3.8, 4) is 12.1 Å². The van der Waals surface area contributed by atoms with E-state index in [1.165, 1.54) is 0 Å². The van der Waals surface area contributed by atoms with Crippen LogP contribution in [-0.4, -0.2) is 12.6 Å². The minimum absolute atomic E-state index is 0.142. The highest BCUT2D eigenvalue weighted by Crippen LogP contribution is 2.13. The van der Waals surface area contributed by atoms with Gasteiger partial charge >= 0.3 is 5.97 Å². The van der Waals surface area contributed by atoms with Gasteiger partial charge < -0.3 is 4.74 Å². The molecule has 0 N–H and O–H groups in total. The van der Waals surface area contributed by atoms with Gasteiger partial charge in [0.1, 0.15) is 6.07 Å². The van der Waals surface area contributed by atoms with Crippen molar-refractivity contribution in [2.24, 2.45) is 0 Å². The average molecular weight is 234 g/mol. The second-order valence-corrected chi connectivity index (χ2v) is 3.67. The van der Waals surface area contributed by atoms with Crippen LogP contribution in [0.2, 0.25) is 0 Å². The lowest BCUT2D eigenvalue weighted by Gasteiger charge is -2.04. The third-order valence-corrected chi connectivity index (χ3v) is 2.26. The van der Waals surface area contributed by atoms with E-state index in [4.69, 9.17) is 15.3 Å². The topological polar surface area (TPSA) is 73.9 Å². The zero-order chi connectivity index (χ0) is 13.1. The summed E-state index contributed by atoms with van der Waals surface area (Å²) in [5.41, 5.74) is 0.0906. The lowest BCUT2D eigenvalue weighted by Crippen LogP contribution is -2.10. The largest absolute Gasteiger partial charge is 0.462 e. The Bertz CT molecular complexity index is 359. The zero-order valence-corrected chi connectivity index (χ0v) is 10.5. The molecule has 0 rings (SSSR count). The molecule has 0 amide bonds. The Hall–Kier alpha value is -1.81. The number of carbonyl (C=O) groups excluding carboxylic acids is 1. The quantitative estimate of drug-likeness (QED) is 0.294. The first-order valence-corrected chi connectivity index (χ1v) is 5.91. The number of nitrogens with zero attached hydrogens (tertiary/aromatic N) is 2. The lowest BCUT2D eigenvalue weighted by molar-refractivity contribution is -0.138. The van der Waals surface area contributed by atoms with E-state index in [2.05, 4.69) is 0 Å². The number of esters is 1. The number of rotatable bonds is 7. The van der Waals surface area contributed by atoms with E-state index < -0.39 is 5.97 Å². The minimum atomic E-state index is -0.673. The van der Waals surface area contributed by atoms with Crippen molar-refractivity contribution in [3.05, 3.63) is 11.1 Å². The second kappa shape index (κ2) is 9.42. The molecule has 4 nitrogen and oxygen atoms in total. The third-order valence-electron chi connectivity index (χ3n) is 2.26. The van der Waals surface area contributed by atoms with E-state index >= 15 is 0 Å². The van der Waals surface area contributed by atoms with Gasteiger partial charge in [0.15, 0.2) is 5.57 Å². The Kier molecular flexibility index (Phi) is 8.42. The molecule has 0 aromatic rings. The van der Waals surface area contributed by atoms with Gasteiger partial charge in [-0.25, -0.2) is 4.79 Å². The van der Waals surface area contributed by atoms with Crippen molar-refractivity contribution in [1.29, 1.82) is 10.5 Å². The fourth-order valence-corrected chi connectivity index (χ4v) is 1.21. The normalized spacial score (nSPS) is 11.1. The predicted molar refractivity (Wildman–Crippen MR) is 63.6 cm³/mol. The van der Waals surface area contributed by atoms with Crippen LogP contribution in [0.1, 0.15) is 46.0 Å². The molecular weight excluding hydrogens is 216 g/mol. The smallest absolute Gasteiger partial charge is 0.349 e. The molecule has 17 heavy (non-hydrogen) atoms. The molecule has 0 bridgehead atoms. The first-order chi connectivity index (χ1) is 8.21. The number of carbonyl (C=O) groups is 1. The predicted octanol–water partition coefficient (Wildman–Crippen LogP) is 2.86. The summed E-state index contributed by atoms with van der Waals surface area (Å²) in [6.07, 6.45) is 3.84. The van der Waals surface area contributed by atoms with Crippen LogP contribution in [0.5, 0.6) is 0 Å². The van der Waals surface area contributed by atoms with Crippen LogP contribution in [-0.2, 0) is 9.53 Å². The van der Waals surface area contributed by atoms with Crippen LogP contribution in [0, 0.1) is 22.7 Å². The molecule has 0 atom stereocenters. The summed E-state index contributed by atoms with van der Waals surface area (Å²) in [5.74, 6) is -0.673. The molecule has 0 spiro atoms. The van der Waals surface area contributed by atoms with Crippen LogP contribution < -0.4 is 0 Å².